The molecule has 0 aromatic rings. The average Bonchev–Trinajstić information content (AvgIpc) is 2.13. The summed E-state index contributed by atoms with van der Waals surface area (Å²) >= 11 is 0. The van der Waals surface area contributed by atoms with Gasteiger partial charge in [0.05, 0.1) is 6.10 Å². The molecule has 4 nitrogen and oxygen atoms in total. The lowest BCUT2D eigenvalue weighted by Gasteiger charge is -2.08. The van der Waals surface area contributed by atoms with Crippen molar-refractivity contribution in [1.29, 1.82) is 0 Å². The number of hydrogen-bond acceptors (Lipinski definition) is 3. The Morgan fingerprint density at radius 1 is 1.78 bits per heavy atom. The summed E-state index contributed by atoms with van der Waals surface area (Å²) in [6.45, 7) is 0.675. The third kappa shape index (κ3) is 1.20. The van der Waals surface area contributed by atoms with E-state index in [0.29, 0.717) is 13.0 Å². The van der Waals surface area contributed by atoms with Gasteiger partial charge < -0.3 is 16.2 Å². The lowest BCUT2D eigenvalue weighted by atomic mass is 10.2. The molecule has 52 valence electrons. The van der Waals surface area contributed by atoms with Gasteiger partial charge in [-0.05, 0) is 13.0 Å². The van der Waals surface area contributed by atoms with Crippen LogP contribution in [0.5, 0.6) is 0 Å². The molecule has 1 aliphatic heterocycles. The second-order valence-electron chi connectivity index (χ2n) is 2.19. The van der Waals surface area contributed by atoms with Crippen LogP contribution in [0.15, 0.2) is 0 Å². The maximum absolute atomic E-state index is 10.4. The first-order chi connectivity index (χ1) is 4.22. The molecule has 9 heavy (non-hydrogen) atoms. The molecule has 0 aromatic carbocycles. The molecule has 1 rings (SSSR count). The summed E-state index contributed by atoms with van der Waals surface area (Å²) in [6.07, 6.45) is 0.0376. The van der Waals surface area contributed by atoms with Crippen LogP contribution in [0.2, 0.25) is 0 Å². The van der Waals surface area contributed by atoms with Crippen molar-refractivity contribution in [2.45, 2.75) is 18.6 Å². The van der Waals surface area contributed by atoms with Gasteiger partial charge >= 0.3 is 0 Å². The summed E-state index contributed by atoms with van der Waals surface area (Å²) < 4.78 is 0. The first-order valence-corrected chi connectivity index (χ1v) is 2.92. The third-order valence-electron chi connectivity index (χ3n) is 1.50. The molecular weight excluding hydrogens is 120 g/mol. The van der Waals surface area contributed by atoms with Crippen molar-refractivity contribution in [2.24, 2.45) is 5.73 Å². The Labute approximate surface area is 53.0 Å². The van der Waals surface area contributed by atoms with Gasteiger partial charge in [-0.1, -0.05) is 0 Å². The largest absolute Gasteiger partial charge is 0.391 e. The van der Waals surface area contributed by atoms with Gasteiger partial charge in [-0.2, -0.15) is 0 Å². The highest BCUT2D eigenvalue weighted by molar-refractivity contribution is 5.80. The van der Waals surface area contributed by atoms with Crippen LogP contribution < -0.4 is 11.1 Å². The quantitative estimate of drug-likeness (QED) is 0.392. The van der Waals surface area contributed by atoms with Crippen LogP contribution in [-0.2, 0) is 4.79 Å². The smallest absolute Gasteiger partial charge is 0.237 e. The summed E-state index contributed by atoms with van der Waals surface area (Å²) in [4.78, 5) is 10.4. The standard InChI is InChI=1S/C5H10N2O2/c6-5(9)4-3(8)1-2-7-4/h3-4,7-8H,1-2H2,(H2,6,9)/t3-,4-/m0/s1. The fourth-order valence-corrected chi connectivity index (χ4v) is 0.980. The fourth-order valence-electron chi connectivity index (χ4n) is 0.980. The van der Waals surface area contributed by atoms with E-state index in [-0.39, 0.29) is 0 Å². The molecule has 4 N–H and O–H groups in total. The fraction of sp³-hybridized carbons (Fsp3) is 0.800. The molecule has 0 unspecified atom stereocenters. The molecule has 1 heterocycles. The second kappa shape index (κ2) is 2.33. The lowest BCUT2D eigenvalue weighted by Crippen LogP contribution is -2.42. The average molecular weight is 130 g/mol. The van der Waals surface area contributed by atoms with Crippen LogP contribution in [0.25, 0.3) is 0 Å². The van der Waals surface area contributed by atoms with Crippen LogP contribution in [-0.4, -0.2) is 29.7 Å². The monoisotopic (exact) mass is 130 g/mol. The zero-order valence-electron chi connectivity index (χ0n) is 5.00. The number of hydrogen-bond donors (Lipinski definition) is 3. The van der Waals surface area contributed by atoms with Crippen LogP contribution >= 0.6 is 0 Å². The molecule has 1 aliphatic rings. The maximum Gasteiger partial charge on any atom is 0.237 e. The van der Waals surface area contributed by atoms with Crippen LogP contribution in [0.3, 0.4) is 0 Å². The molecule has 1 fully saturated rings. The predicted octanol–water partition coefficient (Wildman–Crippen LogP) is -1.81. The SMILES string of the molecule is NC(=O)[C@H]1NCC[C@@H]1O. The van der Waals surface area contributed by atoms with Crippen molar-refractivity contribution in [3.63, 3.8) is 0 Å². The zero-order valence-corrected chi connectivity index (χ0v) is 5.00. The lowest BCUT2D eigenvalue weighted by molar-refractivity contribution is -0.121. The molecule has 1 amide bonds. The molecule has 0 bridgehead atoms. The Kier molecular flexibility index (Phi) is 1.68. The number of nitrogens with one attached hydrogen (secondary N) is 1. The molecule has 0 aliphatic carbocycles. The molecule has 0 saturated carbocycles. The highest BCUT2D eigenvalue weighted by Gasteiger charge is 2.28. The number of nitrogens with two attached hydrogens (primary N) is 1. The Balaban J connectivity index is 2.49. The Morgan fingerprint density at radius 3 is 2.67 bits per heavy atom. The minimum Gasteiger partial charge on any atom is -0.391 e. The van der Waals surface area contributed by atoms with Crippen LogP contribution in [0.1, 0.15) is 6.42 Å². The molecule has 0 radical (unpaired) electrons. The van der Waals surface area contributed by atoms with E-state index in [4.69, 9.17) is 10.8 Å². The molecule has 0 aromatic heterocycles. The highest BCUT2D eigenvalue weighted by atomic mass is 16.3. The minimum atomic E-state index is -0.581. The molecule has 1 saturated heterocycles. The number of carbonyl (C=O) groups excluding carboxylic acids is 1. The molecule has 0 spiro atoms. The van der Waals surface area contributed by atoms with E-state index < -0.39 is 18.1 Å². The second-order valence-corrected chi connectivity index (χ2v) is 2.19. The molecule has 4 heteroatoms. The van der Waals surface area contributed by atoms with Gasteiger partial charge in [0.15, 0.2) is 0 Å². The number of rotatable bonds is 1. The number of aliphatic hydroxyl groups excluding tert-OH is 1. The first kappa shape index (κ1) is 6.51. The van der Waals surface area contributed by atoms with Crippen molar-refractivity contribution in [1.82, 2.24) is 5.32 Å². The maximum atomic E-state index is 10.4. The molecular formula is C5H10N2O2. The van der Waals surface area contributed by atoms with Crippen LogP contribution in [0, 0.1) is 0 Å². The molecule has 2 atom stereocenters. The minimum absolute atomic E-state index is 0.472. The van der Waals surface area contributed by atoms with Crippen molar-refractivity contribution in [3.8, 4) is 0 Å². The van der Waals surface area contributed by atoms with Crippen LogP contribution in [0.4, 0.5) is 0 Å². The van der Waals surface area contributed by atoms with Crippen molar-refractivity contribution < 1.29 is 9.90 Å². The van der Waals surface area contributed by atoms with Gasteiger partial charge in [0.1, 0.15) is 6.04 Å². The van der Waals surface area contributed by atoms with E-state index in [1.54, 1.807) is 0 Å². The highest BCUT2D eigenvalue weighted by Crippen LogP contribution is 2.04. The van der Waals surface area contributed by atoms with Crippen molar-refractivity contribution >= 4 is 5.91 Å². The van der Waals surface area contributed by atoms with Gasteiger partial charge in [-0.3, -0.25) is 4.79 Å². The van der Waals surface area contributed by atoms with Gasteiger partial charge in [0.25, 0.3) is 0 Å². The van der Waals surface area contributed by atoms with Gasteiger partial charge in [0, 0.05) is 0 Å². The van der Waals surface area contributed by atoms with E-state index in [9.17, 15) is 4.79 Å². The Hall–Kier alpha value is -0.610. The number of amides is 1. The number of primary amides is 1. The van der Waals surface area contributed by atoms with Crippen molar-refractivity contribution in [3.05, 3.63) is 0 Å². The van der Waals surface area contributed by atoms with E-state index in [0.717, 1.165) is 0 Å². The van der Waals surface area contributed by atoms with E-state index in [1.165, 1.54) is 0 Å². The van der Waals surface area contributed by atoms with E-state index in [1.807, 2.05) is 0 Å². The summed E-state index contributed by atoms with van der Waals surface area (Å²) in [6, 6.07) is -0.523. The Bertz CT molecular complexity index is 126. The van der Waals surface area contributed by atoms with Gasteiger partial charge in [-0.25, -0.2) is 0 Å². The predicted molar refractivity (Wildman–Crippen MR) is 31.6 cm³/mol. The van der Waals surface area contributed by atoms with E-state index >= 15 is 0 Å². The third-order valence-corrected chi connectivity index (χ3v) is 1.50. The number of carbonyl (C=O) groups is 1. The van der Waals surface area contributed by atoms with Crippen molar-refractivity contribution in [2.75, 3.05) is 6.54 Å². The van der Waals surface area contributed by atoms with E-state index in [2.05, 4.69) is 5.32 Å². The van der Waals surface area contributed by atoms with Gasteiger partial charge in [-0.15, -0.1) is 0 Å². The number of aliphatic hydroxyl groups is 1. The summed E-state index contributed by atoms with van der Waals surface area (Å²) in [5, 5.41) is 11.8. The Morgan fingerprint density at radius 2 is 2.44 bits per heavy atom. The topological polar surface area (TPSA) is 75.4 Å². The normalized spacial score (nSPS) is 34.8. The first-order valence-electron chi connectivity index (χ1n) is 2.92. The zero-order chi connectivity index (χ0) is 6.85. The summed E-state index contributed by atoms with van der Waals surface area (Å²) in [5.74, 6) is -0.472. The van der Waals surface area contributed by atoms with Gasteiger partial charge in [0.2, 0.25) is 5.91 Å². The summed E-state index contributed by atoms with van der Waals surface area (Å²) in [7, 11) is 0. The summed E-state index contributed by atoms with van der Waals surface area (Å²) in [5.41, 5.74) is 4.93.